The summed E-state index contributed by atoms with van der Waals surface area (Å²) in [6.07, 6.45) is 1.51. The van der Waals surface area contributed by atoms with E-state index < -0.39 is 4.92 Å². The molecule has 0 saturated heterocycles. The number of aromatic nitrogens is 4. The van der Waals surface area contributed by atoms with E-state index in [0.717, 1.165) is 26.4 Å². The lowest BCUT2D eigenvalue weighted by atomic mass is 10.1. The van der Waals surface area contributed by atoms with Gasteiger partial charge in [0.2, 0.25) is 11.7 Å². The molecule has 0 aliphatic heterocycles. The zero-order chi connectivity index (χ0) is 22.1. The molecule has 0 amide bonds. The van der Waals surface area contributed by atoms with Gasteiger partial charge in [0.05, 0.1) is 16.1 Å². The van der Waals surface area contributed by atoms with E-state index in [1.54, 1.807) is 24.3 Å². The highest BCUT2D eigenvalue weighted by molar-refractivity contribution is 7.98. The van der Waals surface area contributed by atoms with Gasteiger partial charge in [0.15, 0.2) is 0 Å². The van der Waals surface area contributed by atoms with Gasteiger partial charge in [-0.05, 0) is 29.8 Å². The van der Waals surface area contributed by atoms with Crippen LogP contribution >= 0.6 is 23.1 Å². The summed E-state index contributed by atoms with van der Waals surface area (Å²) in [5, 5.41) is 18.4. The number of nitrogens with zero attached hydrogens (tertiary/aromatic N) is 5. The van der Waals surface area contributed by atoms with Crippen LogP contribution in [0.25, 0.3) is 32.7 Å². The fourth-order valence-electron chi connectivity index (χ4n) is 3.09. The summed E-state index contributed by atoms with van der Waals surface area (Å²) in [5.74, 6) is 0.837. The smallest absolute Gasteiger partial charge is 0.269 e. The van der Waals surface area contributed by atoms with Crippen LogP contribution in [0.1, 0.15) is 5.89 Å². The molecular weight excluding hydrogens is 453 g/mol. The quantitative estimate of drug-likeness (QED) is 0.135. The molecule has 3 heterocycles. The third-order valence-corrected chi connectivity index (χ3v) is 6.49. The summed E-state index contributed by atoms with van der Waals surface area (Å²) in [6, 6.07) is 12.2. The first-order valence-electron chi connectivity index (χ1n) is 9.27. The Morgan fingerprint density at radius 2 is 1.81 bits per heavy atom. The molecule has 0 bridgehead atoms. The van der Waals surface area contributed by atoms with Gasteiger partial charge in [0, 0.05) is 28.6 Å². The highest BCUT2D eigenvalue weighted by Gasteiger charge is 2.16. The van der Waals surface area contributed by atoms with Crippen LogP contribution in [-0.2, 0) is 5.75 Å². The summed E-state index contributed by atoms with van der Waals surface area (Å²) in [5.41, 5.74) is 2.43. The zero-order valence-electron chi connectivity index (χ0n) is 16.1. The molecule has 0 aliphatic carbocycles. The lowest BCUT2D eigenvalue weighted by Crippen LogP contribution is -1.89. The zero-order valence-corrected chi connectivity index (χ0v) is 17.8. The average Bonchev–Trinajstić information content (AvgIpc) is 3.46. The fourth-order valence-corrected chi connectivity index (χ4v) is 4.92. The van der Waals surface area contributed by atoms with Crippen molar-refractivity contribution in [3.63, 3.8) is 0 Å². The maximum absolute atomic E-state index is 13.3. The third kappa shape index (κ3) is 3.95. The van der Waals surface area contributed by atoms with E-state index in [-0.39, 0.29) is 11.5 Å². The number of nitro groups is 1. The van der Waals surface area contributed by atoms with E-state index in [2.05, 4.69) is 20.1 Å². The Morgan fingerprint density at radius 3 is 2.56 bits per heavy atom. The van der Waals surface area contributed by atoms with Crippen LogP contribution in [0.5, 0.6) is 0 Å². The SMILES string of the molecule is O=[N+]([O-])c1ccc(-c2noc(CSc3ncnc4scc(-c5ccc(F)cc5)c34)n2)cc1. The summed E-state index contributed by atoms with van der Waals surface area (Å²) >= 11 is 2.93. The Kier molecular flexibility index (Phi) is 5.33. The second kappa shape index (κ2) is 8.44. The number of fused-ring (bicyclic) bond motifs is 1. The predicted octanol–water partition coefficient (Wildman–Crippen LogP) is 5.75. The molecule has 32 heavy (non-hydrogen) atoms. The van der Waals surface area contributed by atoms with Crippen LogP contribution in [0.3, 0.4) is 0 Å². The topological polar surface area (TPSA) is 108 Å². The molecule has 5 aromatic rings. The van der Waals surface area contributed by atoms with Gasteiger partial charge in [0.1, 0.15) is 22.0 Å². The molecule has 0 spiro atoms. The molecule has 0 fully saturated rings. The largest absolute Gasteiger partial charge is 0.338 e. The number of rotatable bonds is 6. The minimum Gasteiger partial charge on any atom is -0.338 e. The summed E-state index contributed by atoms with van der Waals surface area (Å²) < 4.78 is 18.7. The predicted molar refractivity (Wildman–Crippen MR) is 119 cm³/mol. The Labute approximate surface area is 188 Å². The third-order valence-electron chi connectivity index (χ3n) is 4.63. The van der Waals surface area contributed by atoms with Crippen LogP contribution in [0.15, 0.2) is 69.8 Å². The molecule has 5 rings (SSSR count). The van der Waals surface area contributed by atoms with E-state index in [1.165, 1.54) is 53.7 Å². The van der Waals surface area contributed by atoms with Gasteiger partial charge in [-0.25, -0.2) is 14.4 Å². The van der Waals surface area contributed by atoms with Gasteiger partial charge in [-0.2, -0.15) is 4.98 Å². The van der Waals surface area contributed by atoms with Crippen molar-refractivity contribution < 1.29 is 13.8 Å². The first-order chi connectivity index (χ1) is 15.6. The van der Waals surface area contributed by atoms with E-state index in [0.29, 0.717) is 23.0 Å². The van der Waals surface area contributed by atoms with Gasteiger partial charge in [-0.3, -0.25) is 10.1 Å². The van der Waals surface area contributed by atoms with Crippen LogP contribution in [0, 0.1) is 15.9 Å². The molecule has 0 N–H and O–H groups in total. The molecule has 158 valence electrons. The first kappa shape index (κ1) is 20.2. The minimum absolute atomic E-state index is 0.00600. The standard InChI is InChI=1S/C21H12FN5O3S2/c22-14-5-1-12(2-6-14)16-9-31-20-18(16)21(24-11-23-20)32-10-17-25-19(26-30-17)13-3-7-15(8-4-13)27(28)29/h1-9,11H,10H2. The maximum Gasteiger partial charge on any atom is 0.269 e. The van der Waals surface area contributed by atoms with Gasteiger partial charge in [-0.15, -0.1) is 11.3 Å². The molecule has 3 aromatic heterocycles. The molecule has 0 unspecified atom stereocenters. The molecule has 0 radical (unpaired) electrons. The van der Waals surface area contributed by atoms with Crippen LogP contribution in [0.4, 0.5) is 10.1 Å². The maximum atomic E-state index is 13.3. The minimum atomic E-state index is -0.463. The Bertz CT molecular complexity index is 1420. The second-order valence-corrected chi connectivity index (χ2v) is 8.44. The van der Waals surface area contributed by atoms with Crippen molar-refractivity contribution >= 4 is 39.0 Å². The Morgan fingerprint density at radius 1 is 1.06 bits per heavy atom. The number of hydrogen-bond donors (Lipinski definition) is 0. The van der Waals surface area contributed by atoms with Crippen molar-refractivity contribution in [2.45, 2.75) is 10.8 Å². The highest BCUT2D eigenvalue weighted by Crippen LogP contribution is 2.38. The summed E-state index contributed by atoms with van der Waals surface area (Å²) in [6.45, 7) is 0. The normalized spacial score (nSPS) is 11.2. The molecule has 0 saturated carbocycles. The first-order valence-corrected chi connectivity index (χ1v) is 11.1. The number of benzene rings is 2. The van der Waals surface area contributed by atoms with E-state index in [4.69, 9.17) is 4.52 Å². The van der Waals surface area contributed by atoms with Crippen LogP contribution in [-0.4, -0.2) is 25.0 Å². The van der Waals surface area contributed by atoms with Crippen molar-refractivity contribution in [2.24, 2.45) is 0 Å². The second-order valence-electron chi connectivity index (χ2n) is 6.62. The van der Waals surface area contributed by atoms with Crippen molar-refractivity contribution in [1.82, 2.24) is 20.1 Å². The lowest BCUT2D eigenvalue weighted by Gasteiger charge is -2.04. The van der Waals surface area contributed by atoms with E-state index in [1.807, 2.05) is 5.38 Å². The molecule has 2 aromatic carbocycles. The van der Waals surface area contributed by atoms with Crippen molar-refractivity contribution in [2.75, 3.05) is 0 Å². The molecule has 0 aliphatic rings. The highest BCUT2D eigenvalue weighted by atomic mass is 32.2. The average molecular weight is 465 g/mol. The number of hydrogen-bond acceptors (Lipinski definition) is 9. The van der Waals surface area contributed by atoms with Crippen LogP contribution < -0.4 is 0 Å². The number of nitro benzene ring substituents is 1. The van der Waals surface area contributed by atoms with Crippen molar-refractivity contribution in [3.8, 4) is 22.5 Å². The number of halogens is 1. The molecule has 0 atom stereocenters. The van der Waals surface area contributed by atoms with Gasteiger partial charge >= 0.3 is 0 Å². The van der Waals surface area contributed by atoms with Gasteiger partial charge in [-0.1, -0.05) is 29.1 Å². The fraction of sp³-hybridized carbons (Fsp3) is 0.0476. The van der Waals surface area contributed by atoms with Crippen molar-refractivity contribution in [3.05, 3.63) is 82.1 Å². The Hall–Kier alpha value is -3.70. The van der Waals surface area contributed by atoms with Gasteiger partial charge < -0.3 is 4.52 Å². The number of thioether (sulfide) groups is 1. The number of non-ortho nitro benzene ring substituents is 1. The molecular formula is C21H12FN5O3S2. The molecule has 11 heteroatoms. The van der Waals surface area contributed by atoms with Gasteiger partial charge in [0.25, 0.3) is 5.69 Å². The lowest BCUT2D eigenvalue weighted by molar-refractivity contribution is -0.384. The van der Waals surface area contributed by atoms with Crippen molar-refractivity contribution in [1.29, 1.82) is 0 Å². The van der Waals surface area contributed by atoms with E-state index >= 15 is 0 Å². The van der Waals surface area contributed by atoms with Crippen LogP contribution in [0.2, 0.25) is 0 Å². The monoisotopic (exact) mass is 465 g/mol. The van der Waals surface area contributed by atoms with E-state index in [9.17, 15) is 14.5 Å². The molecule has 8 nitrogen and oxygen atoms in total. The summed E-state index contributed by atoms with van der Waals surface area (Å²) in [7, 11) is 0. The summed E-state index contributed by atoms with van der Waals surface area (Å²) in [4.78, 5) is 24.3. The number of thiophene rings is 1. The Balaban J connectivity index is 1.38.